The van der Waals surface area contributed by atoms with E-state index in [1.165, 1.54) is 58.2 Å². The smallest absolute Gasteiger partial charge is 0.191 e. The lowest BCUT2D eigenvalue weighted by atomic mass is 9.99. The molecule has 6 nitrogen and oxygen atoms in total. The maximum Gasteiger partial charge on any atom is 0.191 e. The summed E-state index contributed by atoms with van der Waals surface area (Å²) in [6.07, 6.45) is 9.49. The number of hydrogen-bond acceptors (Lipinski definition) is 4. The molecular formula is C23H42IN5O. The Morgan fingerprint density at radius 3 is 2.60 bits per heavy atom. The van der Waals surface area contributed by atoms with Gasteiger partial charge in [-0.25, -0.2) is 0 Å². The molecule has 0 aliphatic carbocycles. The lowest BCUT2D eigenvalue weighted by Gasteiger charge is -2.30. The van der Waals surface area contributed by atoms with Crippen LogP contribution in [0.5, 0.6) is 0 Å². The summed E-state index contributed by atoms with van der Waals surface area (Å²) in [6.45, 7) is 13.2. The quantitative estimate of drug-likeness (QED) is 0.206. The maximum absolute atomic E-state index is 5.72. The number of unbranched alkanes of at least 4 members (excludes halogenated alkanes) is 1. The molecule has 2 saturated heterocycles. The minimum atomic E-state index is 0. The van der Waals surface area contributed by atoms with E-state index in [4.69, 9.17) is 9.41 Å². The van der Waals surface area contributed by atoms with Crippen molar-refractivity contribution in [2.45, 2.75) is 58.4 Å². The highest BCUT2D eigenvalue weighted by atomic mass is 127. The van der Waals surface area contributed by atoms with E-state index < -0.39 is 0 Å². The molecule has 0 radical (unpaired) electrons. The van der Waals surface area contributed by atoms with Crippen LogP contribution in [0.4, 0.5) is 0 Å². The number of likely N-dealkylation sites (tertiary alicyclic amines) is 2. The molecule has 0 spiro atoms. The Morgan fingerprint density at radius 2 is 1.93 bits per heavy atom. The second kappa shape index (κ2) is 14.3. The van der Waals surface area contributed by atoms with Gasteiger partial charge in [0.15, 0.2) is 5.96 Å². The van der Waals surface area contributed by atoms with Gasteiger partial charge < -0.3 is 20.0 Å². The van der Waals surface area contributed by atoms with Gasteiger partial charge in [0.05, 0.1) is 18.8 Å². The zero-order valence-electron chi connectivity index (χ0n) is 18.9. The molecule has 0 amide bonds. The lowest BCUT2D eigenvalue weighted by Crippen LogP contribution is -2.39. The normalized spacial score (nSPS) is 20.1. The van der Waals surface area contributed by atoms with Crippen molar-refractivity contribution in [1.82, 2.24) is 20.4 Å². The Bertz CT molecular complexity index is 580. The molecule has 172 valence electrons. The first-order valence-electron chi connectivity index (χ1n) is 11.8. The summed E-state index contributed by atoms with van der Waals surface area (Å²) in [6, 6.07) is 4.30. The van der Waals surface area contributed by atoms with E-state index in [0.717, 1.165) is 50.4 Å². The van der Waals surface area contributed by atoms with Gasteiger partial charge >= 0.3 is 0 Å². The third-order valence-electron chi connectivity index (χ3n) is 6.29. The summed E-state index contributed by atoms with van der Waals surface area (Å²) < 4.78 is 5.72. The molecule has 1 aromatic rings. The average Bonchev–Trinajstić information content (AvgIpc) is 3.44. The first-order chi connectivity index (χ1) is 14.3. The minimum absolute atomic E-state index is 0. The monoisotopic (exact) mass is 531 g/mol. The Labute approximate surface area is 200 Å². The van der Waals surface area contributed by atoms with E-state index in [2.05, 4.69) is 40.3 Å². The van der Waals surface area contributed by atoms with Crippen LogP contribution in [0.3, 0.4) is 0 Å². The van der Waals surface area contributed by atoms with Crippen molar-refractivity contribution in [2.24, 2.45) is 10.9 Å². The van der Waals surface area contributed by atoms with E-state index in [-0.39, 0.29) is 30.0 Å². The SMILES string of the molecule is CCNC(=NCC(c1ccco1)N1CCCC1)NCCCCN1CCC(C)CC1.I. The van der Waals surface area contributed by atoms with Crippen LogP contribution < -0.4 is 10.6 Å². The summed E-state index contributed by atoms with van der Waals surface area (Å²) in [7, 11) is 0. The standard InChI is InChI=1S/C23H41N5O.HI/c1-3-24-23(25-12-4-5-13-27-16-10-20(2)11-17-27)26-19-21(22-9-8-18-29-22)28-14-6-7-15-28;/h8-9,18,20-21H,3-7,10-17,19H2,1-2H3,(H2,24,25,26);1H. The number of rotatable bonds is 10. The zero-order valence-corrected chi connectivity index (χ0v) is 21.3. The zero-order chi connectivity index (χ0) is 20.3. The van der Waals surface area contributed by atoms with Crippen LogP contribution in [0.25, 0.3) is 0 Å². The number of furan rings is 1. The van der Waals surface area contributed by atoms with E-state index in [1.807, 2.05) is 6.07 Å². The van der Waals surface area contributed by atoms with E-state index >= 15 is 0 Å². The Morgan fingerprint density at radius 1 is 1.17 bits per heavy atom. The van der Waals surface area contributed by atoms with Gasteiger partial charge in [-0.15, -0.1) is 24.0 Å². The molecule has 3 heterocycles. The number of nitrogens with zero attached hydrogens (tertiary/aromatic N) is 3. The van der Waals surface area contributed by atoms with Gasteiger partial charge in [-0.1, -0.05) is 6.92 Å². The molecule has 2 aliphatic rings. The van der Waals surface area contributed by atoms with Crippen molar-refractivity contribution in [3.63, 3.8) is 0 Å². The Balaban J connectivity index is 0.00000320. The Kier molecular flexibility index (Phi) is 12.1. The topological polar surface area (TPSA) is 56.0 Å². The van der Waals surface area contributed by atoms with Crippen LogP contribution in [0.15, 0.2) is 27.8 Å². The van der Waals surface area contributed by atoms with Crippen LogP contribution in [-0.2, 0) is 0 Å². The van der Waals surface area contributed by atoms with Crippen LogP contribution in [-0.4, -0.2) is 68.1 Å². The highest BCUT2D eigenvalue weighted by Crippen LogP contribution is 2.25. The third-order valence-corrected chi connectivity index (χ3v) is 6.29. The Hall–Kier alpha value is -0.800. The molecule has 2 N–H and O–H groups in total. The molecule has 0 saturated carbocycles. The molecule has 7 heteroatoms. The number of halogens is 1. The van der Waals surface area contributed by atoms with Crippen LogP contribution in [0, 0.1) is 5.92 Å². The molecule has 1 atom stereocenters. The van der Waals surface area contributed by atoms with Gasteiger partial charge in [0.2, 0.25) is 0 Å². The number of piperidine rings is 1. The summed E-state index contributed by atoms with van der Waals surface area (Å²) in [5.74, 6) is 2.87. The van der Waals surface area contributed by atoms with Crippen LogP contribution >= 0.6 is 24.0 Å². The van der Waals surface area contributed by atoms with Crippen molar-refractivity contribution in [3.8, 4) is 0 Å². The van der Waals surface area contributed by atoms with Crippen molar-refractivity contribution in [1.29, 1.82) is 0 Å². The largest absolute Gasteiger partial charge is 0.468 e. The molecule has 0 aromatic carbocycles. The van der Waals surface area contributed by atoms with Gasteiger partial charge in [0.25, 0.3) is 0 Å². The fourth-order valence-electron chi connectivity index (χ4n) is 4.39. The summed E-state index contributed by atoms with van der Waals surface area (Å²) in [4.78, 5) is 10.0. The fraction of sp³-hybridized carbons (Fsp3) is 0.783. The molecule has 2 fully saturated rings. The van der Waals surface area contributed by atoms with Crippen LogP contribution in [0.1, 0.15) is 64.2 Å². The van der Waals surface area contributed by atoms with E-state index in [0.29, 0.717) is 0 Å². The van der Waals surface area contributed by atoms with Gasteiger partial charge in [-0.2, -0.15) is 0 Å². The van der Waals surface area contributed by atoms with Crippen molar-refractivity contribution in [2.75, 3.05) is 52.4 Å². The van der Waals surface area contributed by atoms with E-state index in [1.54, 1.807) is 6.26 Å². The highest BCUT2D eigenvalue weighted by molar-refractivity contribution is 14.0. The first kappa shape index (κ1) is 25.5. The number of guanidine groups is 1. The average molecular weight is 532 g/mol. The molecule has 1 aromatic heterocycles. The van der Waals surface area contributed by atoms with Gasteiger partial charge in [0, 0.05) is 13.1 Å². The summed E-state index contributed by atoms with van der Waals surface area (Å²) in [5.41, 5.74) is 0. The number of nitrogens with one attached hydrogen (secondary N) is 2. The van der Waals surface area contributed by atoms with Crippen molar-refractivity contribution in [3.05, 3.63) is 24.2 Å². The van der Waals surface area contributed by atoms with Crippen molar-refractivity contribution < 1.29 is 4.42 Å². The predicted molar refractivity (Wildman–Crippen MR) is 136 cm³/mol. The number of aliphatic imine (C=N–C) groups is 1. The van der Waals surface area contributed by atoms with Gasteiger partial charge in [-0.05, 0) is 96.2 Å². The van der Waals surface area contributed by atoms with Crippen LogP contribution in [0.2, 0.25) is 0 Å². The minimum Gasteiger partial charge on any atom is -0.468 e. The fourth-order valence-corrected chi connectivity index (χ4v) is 4.39. The van der Waals surface area contributed by atoms with Gasteiger partial charge in [-0.3, -0.25) is 9.89 Å². The number of hydrogen-bond donors (Lipinski definition) is 2. The highest BCUT2D eigenvalue weighted by Gasteiger charge is 2.25. The van der Waals surface area contributed by atoms with E-state index in [9.17, 15) is 0 Å². The molecule has 1 unspecified atom stereocenters. The first-order valence-corrected chi connectivity index (χ1v) is 11.8. The summed E-state index contributed by atoms with van der Waals surface area (Å²) in [5, 5.41) is 6.93. The third kappa shape index (κ3) is 8.38. The molecule has 0 bridgehead atoms. The molecule has 2 aliphatic heterocycles. The molecular weight excluding hydrogens is 489 g/mol. The second-order valence-electron chi connectivity index (χ2n) is 8.65. The molecule has 3 rings (SSSR count). The predicted octanol–water partition coefficient (Wildman–Crippen LogP) is 4.10. The summed E-state index contributed by atoms with van der Waals surface area (Å²) >= 11 is 0. The molecule has 30 heavy (non-hydrogen) atoms. The second-order valence-corrected chi connectivity index (χ2v) is 8.65. The lowest BCUT2D eigenvalue weighted by molar-refractivity contribution is 0.189. The maximum atomic E-state index is 5.72. The van der Waals surface area contributed by atoms with Crippen molar-refractivity contribution >= 4 is 29.9 Å². The van der Waals surface area contributed by atoms with Gasteiger partial charge in [0.1, 0.15) is 5.76 Å².